The van der Waals surface area contributed by atoms with Crippen LogP contribution in [-0.4, -0.2) is 24.9 Å². The fourth-order valence-corrected chi connectivity index (χ4v) is 0.118. The molecule has 0 saturated carbocycles. The first-order chi connectivity index (χ1) is 2.81. The fraction of sp³-hybridized carbons (Fsp3) is 1.00. The number of aliphatic hydroxyl groups is 1. The largest absolute Gasteiger partial charge is 0.377 e. The van der Waals surface area contributed by atoms with E-state index in [4.69, 9.17) is 10.8 Å². The number of aliphatic hydroxyl groups excluding tert-OH is 1. The Morgan fingerprint density at radius 1 is 2.00 bits per heavy atom. The molecule has 0 aromatic rings. The summed E-state index contributed by atoms with van der Waals surface area (Å²) in [5.74, 6) is 0. The molecular weight excluding hydrogens is 80.0 g/mol. The predicted molar refractivity (Wildman–Crippen MR) is 24.1 cm³/mol. The van der Waals surface area contributed by atoms with Gasteiger partial charge in [-0.05, 0) is 7.05 Å². The van der Waals surface area contributed by atoms with Crippen LogP contribution in [-0.2, 0) is 0 Å². The summed E-state index contributed by atoms with van der Waals surface area (Å²) in [6.45, 7) is 0.274. The molecule has 0 aliphatic heterocycles. The minimum Gasteiger partial charge on any atom is -0.377 e. The number of rotatable bonds is 2. The van der Waals surface area contributed by atoms with Crippen molar-refractivity contribution in [2.24, 2.45) is 5.73 Å². The molecule has 0 rings (SSSR count). The molecule has 38 valence electrons. The average molecular weight is 90.1 g/mol. The van der Waals surface area contributed by atoms with Gasteiger partial charge in [0.15, 0.2) is 0 Å². The predicted octanol–water partition coefficient (Wildman–Crippen LogP) is -1.52. The topological polar surface area (TPSA) is 58.3 Å². The molecule has 0 fully saturated rings. The highest BCUT2D eigenvalue weighted by molar-refractivity contribution is 4.43. The molecule has 0 saturated heterocycles. The molecule has 3 heteroatoms. The zero-order valence-electron chi connectivity index (χ0n) is 3.81. The summed E-state index contributed by atoms with van der Waals surface area (Å²) >= 11 is 0. The lowest BCUT2D eigenvalue weighted by Gasteiger charge is -2.01. The first-order valence-electron chi connectivity index (χ1n) is 1.86. The highest BCUT2D eigenvalue weighted by Gasteiger charge is 1.88. The molecule has 0 radical (unpaired) electrons. The van der Waals surface area contributed by atoms with Gasteiger partial charge in [-0.1, -0.05) is 0 Å². The Morgan fingerprint density at radius 3 is 2.50 bits per heavy atom. The standard InChI is InChI=1S/C3H10N2O/c1-5-3(6)2-4/h3,5-6H,2,4H2,1H3. The third kappa shape index (κ3) is 2.14. The summed E-state index contributed by atoms with van der Waals surface area (Å²) in [6, 6.07) is 0. The van der Waals surface area contributed by atoms with Crippen LogP contribution in [0.3, 0.4) is 0 Å². The molecule has 1 atom stereocenters. The molecule has 0 aliphatic rings. The highest BCUT2D eigenvalue weighted by atomic mass is 16.3. The van der Waals surface area contributed by atoms with Crippen LogP contribution in [0.25, 0.3) is 0 Å². The van der Waals surface area contributed by atoms with Crippen molar-refractivity contribution < 1.29 is 5.11 Å². The van der Waals surface area contributed by atoms with Gasteiger partial charge in [0.25, 0.3) is 0 Å². The Morgan fingerprint density at radius 2 is 2.50 bits per heavy atom. The SMILES string of the molecule is CNC(O)CN. The van der Waals surface area contributed by atoms with Gasteiger partial charge in [-0.25, -0.2) is 0 Å². The summed E-state index contributed by atoms with van der Waals surface area (Å²) in [5, 5.41) is 11.0. The highest BCUT2D eigenvalue weighted by Crippen LogP contribution is 1.60. The third-order valence-corrected chi connectivity index (χ3v) is 0.556. The van der Waals surface area contributed by atoms with Gasteiger partial charge in [0.05, 0.1) is 0 Å². The smallest absolute Gasteiger partial charge is 0.117 e. The van der Waals surface area contributed by atoms with Crippen molar-refractivity contribution in [3.63, 3.8) is 0 Å². The van der Waals surface area contributed by atoms with E-state index < -0.39 is 6.23 Å². The van der Waals surface area contributed by atoms with E-state index in [2.05, 4.69) is 5.32 Å². The maximum absolute atomic E-state index is 8.43. The molecule has 0 aromatic carbocycles. The molecule has 0 aromatic heterocycles. The number of hydrogen-bond donors (Lipinski definition) is 3. The summed E-state index contributed by atoms with van der Waals surface area (Å²) in [5.41, 5.74) is 4.97. The Balaban J connectivity index is 2.75. The molecule has 4 N–H and O–H groups in total. The van der Waals surface area contributed by atoms with E-state index in [1.165, 1.54) is 0 Å². The monoisotopic (exact) mass is 90.1 g/mol. The van der Waals surface area contributed by atoms with Crippen LogP contribution in [0, 0.1) is 0 Å². The molecule has 6 heavy (non-hydrogen) atoms. The third-order valence-electron chi connectivity index (χ3n) is 0.556. The van der Waals surface area contributed by atoms with E-state index in [1.807, 2.05) is 0 Å². The van der Waals surface area contributed by atoms with Crippen LogP contribution >= 0.6 is 0 Å². The minimum absolute atomic E-state index is 0.274. The van der Waals surface area contributed by atoms with Gasteiger partial charge in [0.2, 0.25) is 0 Å². The van der Waals surface area contributed by atoms with Crippen molar-refractivity contribution in [3.8, 4) is 0 Å². The fourth-order valence-electron chi connectivity index (χ4n) is 0.118. The molecular formula is C3H10N2O. The van der Waals surface area contributed by atoms with E-state index in [9.17, 15) is 0 Å². The normalized spacial score (nSPS) is 14.5. The van der Waals surface area contributed by atoms with E-state index in [1.54, 1.807) is 7.05 Å². The van der Waals surface area contributed by atoms with Crippen molar-refractivity contribution >= 4 is 0 Å². The second-order valence-electron chi connectivity index (χ2n) is 1.04. The molecule has 0 bridgehead atoms. The van der Waals surface area contributed by atoms with E-state index in [-0.39, 0.29) is 6.54 Å². The van der Waals surface area contributed by atoms with Gasteiger partial charge in [0, 0.05) is 6.54 Å². The molecule has 3 nitrogen and oxygen atoms in total. The molecule has 1 unspecified atom stereocenters. The van der Waals surface area contributed by atoms with E-state index >= 15 is 0 Å². The number of nitrogens with one attached hydrogen (secondary N) is 1. The average Bonchev–Trinajstić information content (AvgIpc) is 1.65. The van der Waals surface area contributed by atoms with Gasteiger partial charge in [0.1, 0.15) is 6.23 Å². The molecule has 0 amide bonds. The maximum Gasteiger partial charge on any atom is 0.117 e. The summed E-state index contributed by atoms with van der Waals surface area (Å²) in [7, 11) is 1.65. The van der Waals surface area contributed by atoms with Crippen LogP contribution in [0.4, 0.5) is 0 Å². The van der Waals surface area contributed by atoms with E-state index in [0.29, 0.717) is 0 Å². The molecule has 0 spiro atoms. The first-order valence-corrected chi connectivity index (χ1v) is 1.86. The zero-order chi connectivity index (χ0) is 4.99. The Bertz CT molecular complexity index is 28.0. The number of hydrogen-bond acceptors (Lipinski definition) is 3. The van der Waals surface area contributed by atoms with Crippen molar-refractivity contribution in [1.82, 2.24) is 5.32 Å². The molecule has 0 heterocycles. The van der Waals surface area contributed by atoms with Crippen molar-refractivity contribution in [3.05, 3.63) is 0 Å². The maximum atomic E-state index is 8.43. The lowest BCUT2D eigenvalue weighted by molar-refractivity contribution is 0.155. The van der Waals surface area contributed by atoms with Crippen LogP contribution in [0.15, 0.2) is 0 Å². The van der Waals surface area contributed by atoms with Crippen molar-refractivity contribution in [1.29, 1.82) is 0 Å². The van der Waals surface area contributed by atoms with Crippen LogP contribution in [0.1, 0.15) is 0 Å². The van der Waals surface area contributed by atoms with E-state index in [0.717, 1.165) is 0 Å². The first kappa shape index (κ1) is 5.88. The lowest BCUT2D eigenvalue weighted by Crippen LogP contribution is -2.32. The number of likely N-dealkylation sites (N-methyl/N-ethyl adjacent to an activating group) is 1. The van der Waals surface area contributed by atoms with Crippen LogP contribution < -0.4 is 11.1 Å². The van der Waals surface area contributed by atoms with Gasteiger partial charge in [-0.2, -0.15) is 0 Å². The Hall–Kier alpha value is -0.120. The van der Waals surface area contributed by atoms with Gasteiger partial charge < -0.3 is 10.8 Å². The van der Waals surface area contributed by atoms with Crippen molar-refractivity contribution in [2.45, 2.75) is 6.23 Å². The lowest BCUT2D eigenvalue weighted by atomic mass is 10.6. The Kier molecular flexibility index (Phi) is 3.02. The van der Waals surface area contributed by atoms with Gasteiger partial charge >= 0.3 is 0 Å². The Labute approximate surface area is 37.2 Å². The van der Waals surface area contributed by atoms with Crippen LogP contribution in [0.5, 0.6) is 0 Å². The summed E-state index contributed by atoms with van der Waals surface area (Å²) < 4.78 is 0. The molecule has 0 aliphatic carbocycles. The summed E-state index contributed by atoms with van der Waals surface area (Å²) in [4.78, 5) is 0. The summed E-state index contributed by atoms with van der Waals surface area (Å²) in [6.07, 6.45) is -0.537. The quantitative estimate of drug-likeness (QED) is 0.361. The van der Waals surface area contributed by atoms with Crippen molar-refractivity contribution in [2.75, 3.05) is 13.6 Å². The van der Waals surface area contributed by atoms with Crippen LogP contribution in [0.2, 0.25) is 0 Å². The number of nitrogens with two attached hydrogens (primary N) is 1. The second-order valence-corrected chi connectivity index (χ2v) is 1.04. The second kappa shape index (κ2) is 3.08. The van der Waals surface area contributed by atoms with Gasteiger partial charge in [-0.15, -0.1) is 0 Å². The zero-order valence-corrected chi connectivity index (χ0v) is 3.81. The minimum atomic E-state index is -0.537. The van der Waals surface area contributed by atoms with Gasteiger partial charge in [-0.3, -0.25) is 5.32 Å².